The maximum absolute atomic E-state index is 6.06. The average Bonchev–Trinajstić information content (AvgIpc) is 2.65. The minimum atomic E-state index is 0.538. The molecule has 1 aliphatic rings. The Labute approximate surface area is 102 Å². The lowest BCUT2D eigenvalue weighted by Gasteiger charge is -2.19. The normalized spacial score (nSPS) is 24.7. The van der Waals surface area contributed by atoms with Crippen molar-refractivity contribution in [1.82, 2.24) is 9.97 Å². The first-order valence-corrected chi connectivity index (χ1v) is 6.36. The van der Waals surface area contributed by atoms with Crippen molar-refractivity contribution in [2.75, 3.05) is 5.32 Å². The highest BCUT2D eigenvalue weighted by Gasteiger charge is 2.24. The van der Waals surface area contributed by atoms with Gasteiger partial charge in [-0.2, -0.15) is 0 Å². The molecule has 2 rings (SSSR count). The van der Waals surface area contributed by atoms with E-state index in [9.17, 15) is 0 Å². The molecule has 3 nitrogen and oxygen atoms in total. The molecule has 1 saturated carbocycles. The van der Waals surface area contributed by atoms with E-state index in [1.807, 2.05) is 0 Å². The summed E-state index contributed by atoms with van der Waals surface area (Å²) in [6, 6.07) is 0.538. The Morgan fingerprint density at radius 1 is 1.44 bits per heavy atom. The summed E-state index contributed by atoms with van der Waals surface area (Å²) >= 11 is 6.06. The van der Waals surface area contributed by atoms with Gasteiger partial charge in [0.1, 0.15) is 17.3 Å². The van der Waals surface area contributed by atoms with Crippen LogP contribution in [0.15, 0.2) is 6.33 Å². The van der Waals surface area contributed by atoms with Gasteiger partial charge in [-0.15, -0.1) is 0 Å². The van der Waals surface area contributed by atoms with Crippen molar-refractivity contribution in [2.24, 2.45) is 5.92 Å². The molecule has 1 aromatic rings. The zero-order valence-electron chi connectivity index (χ0n) is 9.83. The van der Waals surface area contributed by atoms with Gasteiger partial charge in [0.25, 0.3) is 0 Å². The molecule has 0 aromatic carbocycles. The molecule has 2 unspecified atom stereocenters. The maximum Gasteiger partial charge on any atom is 0.137 e. The third kappa shape index (κ3) is 2.29. The summed E-state index contributed by atoms with van der Waals surface area (Å²) in [6.07, 6.45) is 6.23. The minimum Gasteiger partial charge on any atom is -0.367 e. The Kier molecular flexibility index (Phi) is 3.64. The number of hydrogen-bond acceptors (Lipinski definition) is 3. The first kappa shape index (κ1) is 11.6. The van der Waals surface area contributed by atoms with Crippen molar-refractivity contribution in [3.8, 4) is 0 Å². The van der Waals surface area contributed by atoms with E-state index in [1.165, 1.54) is 25.6 Å². The van der Waals surface area contributed by atoms with Crippen LogP contribution in [0.3, 0.4) is 0 Å². The first-order valence-electron chi connectivity index (χ1n) is 5.98. The van der Waals surface area contributed by atoms with Gasteiger partial charge in [0.2, 0.25) is 0 Å². The summed E-state index contributed by atoms with van der Waals surface area (Å²) in [5.41, 5.74) is 1.03. The summed E-state index contributed by atoms with van der Waals surface area (Å²) < 4.78 is 0. The fourth-order valence-electron chi connectivity index (χ4n) is 2.36. The molecule has 0 saturated heterocycles. The van der Waals surface area contributed by atoms with E-state index < -0.39 is 0 Å². The number of anilines is 1. The van der Waals surface area contributed by atoms with Crippen molar-refractivity contribution in [3.05, 3.63) is 17.0 Å². The van der Waals surface area contributed by atoms with Crippen molar-refractivity contribution >= 4 is 17.4 Å². The summed E-state index contributed by atoms with van der Waals surface area (Å²) in [5, 5.41) is 4.09. The highest BCUT2D eigenvalue weighted by atomic mass is 35.5. The standard InChI is InChI=1S/C12H18ClN3/c1-3-9-11(13)14-7-15-12(9)16-10-6-4-5-8(10)2/h7-8,10H,3-6H2,1-2H3,(H,14,15,16). The molecule has 1 aromatic heterocycles. The van der Waals surface area contributed by atoms with Crippen LogP contribution in [0.25, 0.3) is 0 Å². The molecule has 0 amide bonds. The van der Waals surface area contributed by atoms with Crippen molar-refractivity contribution < 1.29 is 0 Å². The molecular weight excluding hydrogens is 222 g/mol. The lowest BCUT2D eigenvalue weighted by atomic mass is 10.1. The molecule has 2 atom stereocenters. The lowest BCUT2D eigenvalue weighted by Crippen LogP contribution is -2.23. The molecular formula is C12H18ClN3. The highest BCUT2D eigenvalue weighted by Crippen LogP contribution is 2.29. The topological polar surface area (TPSA) is 37.8 Å². The Bertz CT molecular complexity index is 367. The fourth-order valence-corrected chi connectivity index (χ4v) is 2.63. The van der Waals surface area contributed by atoms with E-state index in [0.29, 0.717) is 11.2 Å². The van der Waals surface area contributed by atoms with Gasteiger partial charge in [0, 0.05) is 11.6 Å². The zero-order chi connectivity index (χ0) is 11.5. The van der Waals surface area contributed by atoms with E-state index in [4.69, 9.17) is 11.6 Å². The Morgan fingerprint density at radius 2 is 2.25 bits per heavy atom. The van der Waals surface area contributed by atoms with Crippen LogP contribution in [0.2, 0.25) is 5.15 Å². The number of rotatable bonds is 3. The molecule has 4 heteroatoms. The number of nitrogens with zero attached hydrogens (tertiary/aromatic N) is 2. The third-order valence-corrected chi connectivity index (χ3v) is 3.76. The molecule has 16 heavy (non-hydrogen) atoms. The van der Waals surface area contributed by atoms with Crippen LogP contribution in [0.4, 0.5) is 5.82 Å². The van der Waals surface area contributed by atoms with Crippen molar-refractivity contribution in [2.45, 2.75) is 45.6 Å². The predicted molar refractivity (Wildman–Crippen MR) is 66.8 cm³/mol. The molecule has 0 radical (unpaired) electrons. The van der Waals surface area contributed by atoms with Crippen LogP contribution < -0.4 is 5.32 Å². The maximum atomic E-state index is 6.06. The fraction of sp³-hybridized carbons (Fsp3) is 0.667. The van der Waals surface area contributed by atoms with Crippen LogP contribution in [0.1, 0.15) is 38.7 Å². The van der Waals surface area contributed by atoms with Gasteiger partial charge in [-0.1, -0.05) is 31.9 Å². The molecule has 0 bridgehead atoms. The average molecular weight is 240 g/mol. The van der Waals surface area contributed by atoms with Gasteiger partial charge >= 0.3 is 0 Å². The van der Waals surface area contributed by atoms with Gasteiger partial charge in [-0.3, -0.25) is 0 Å². The van der Waals surface area contributed by atoms with Gasteiger partial charge in [-0.25, -0.2) is 9.97 Å². The van der Waals surface area contributed by atoms with E-state index in [1.54, 1.807) is 0 Å². The minimum absolute atomic E-state index is 0.538. The molecule has 1 aliphatic carbocycles. The Balaban J connectivity index is 2.17. The molecule has 1 fully saturated rings. The Hall–Kier alpha value is -0.830. The summed E-state index contributed by atoms with van der Waals surface area (Å²) in [6.45, 7) is 4.37. The van der Waals surface area contributed by atoms with E-state index in [-0.39, 0.29) is 0 Å². The van der Waals surface area contributed by atoms with E-state index in [0.717, 1.165) is 23.7 Å². The Morgan fingerprint density at radius 3 is 2.88 bits per heavy atom. The van der Waals surface area contributed by atoms with Crippen LogP contribution in [-0.4, -0.2) is 16.0 Å². The summed E-state index contributed by atoms with van der Waals surface area (Å²) in [7, 11) is 0. The molecule has 1 N–H and O–H groups in total. The van der Waals surface area contributed by atoms with Gasteiger partial charge in [0.15, 0.2) is 0 Å². The van der Waals surface area contributed by atoms with Crippen LogP contribution >= 0.6 is 11.6 Å². The largest absolute Gasteiger partial charge is 0.367 e. The second kappa shape index (κ2) is 5.00. The predicted octanol–water partition coefficient (Wildman–Crippen LogP) is 3.29. The monoisotopic (exact) mass is 239 g/mol. The number of nitrogens with one attached hydrogen (secondary N) is 1. The van der Waals surface area contributed by atoms with Crippen LogP contribution in [0, 0.1) is 5.92 Å². The van der Waals surface area contributed by atoms with E-state index >= 15 is 0 Å². The third-order valence-electron chi connectivity index (χ3n) is 3.43. The molecule has 88 valence electrons. The first-order chi connectivity index (χ1) is 7.72. The van der Waals surface area contributed by atoms with Crippen molar-refractivity contribution in [1.29, 1.82) is 0 Å². The number of halogens is 1. The van der Waals surface area contributed by atoms with Gasteiger partial charge < -0.3 is 5.32 Å². The van der Waals surface area contributed by atoms with Gasteiger partial charge in [-0.05, 0) is 25.2 Å². The summed E-state index contributed by atoms with van der Waals surface area (Å²) in [5.74, 6) is 1.64. The van der Waals surface area contributed by atoms with E-state index in [2.05, 4.69) is 29.1 Å². The van der Waals surface area contributed by atoms with Crippen LogP contribution in [0.5, 0.6) is 0 Å². The number of aromatic nitrogens is 2. The van der Waals surface area contributed by atoms with Gasteiger partial charge in [0.05, 0.1) is 0 Å². The van der Waals surface area contributed by atoms with Crippen LogP contribution in [-0.2, 0) is 6.42 Å². The van der Waals surface area contributed by atoms with Crippen molar-refractivity contribution in [3.63, 3.8) is 0 Å². The molecule has 0 aliphatic heterocycles. The SMILES string of the molecule is CCc1c(Cl)ncnc1NC1CCCC1C. The summed E-state index contributed by atoms with van der Waals surface area (Å²) in [4.78, 5) is 8.32. The smallest absolute Gasteiger partial charge is 0.137 e. The quantitative estimate of drug-likeness (QED) is 0.823. The molecule has 0 spiro atoms. The second-order valence-electron chi connectivity index (χ2n) is 4.50. The number of hydrogen-bond donors (Lipinski definition) is 1. The molecule has 1 heterocycles. The second-order valence-corrected chi connectivity index (χ2v) is 4.86. The lowest BCUT2D eigenvalue weighted by molar-refractivity contribution is 0.554. The zero-order valence-corrected chi connectivity index (χ0v) is 10.6. The highest BCUT2D eigenvalue weighted by molar-refractivity contribution is 6.30.